The average molecular weight is 390 g/mol. The topological polar surface area (TPSA) is 38.3 Å². The Morgan fingerprint density at radius 2 is 1.70 bits per heavy atom. The van der Waals surface area contributed by atoms with Crippen LogP contribution in [-0.2, 0) is 9.53 Å². The first-order valence-corrected chi connectivity index (χ1v) is 9.91. The summed E-state index contributed by atoms with van der Waals surface area (Å²) in [6.45, 7) is 8.06. The zero-order valence-corrected chi connectivity index (χ0v) is 17.1. The molecule has 0 fully saturated rings. The number of allylic oxidation sites excluding steroid dienone is 1. The minimum atomic E-state index is -0.0539. The van der Waals surface area contributed by atoms with Crippen LogP contribution in [0.1, 0.15) is 78.6 Å². The molecule has 0 spiro atoms. The fraction of sp³-hybridized carbons (Fsp3) is 0.842. The highest BCUT2D eigenvalue weighted by atomic mass is 79.9. The van der Waals surface area contributed by atoms with E-state index in [4.69, 9.17) is 4.74 Å². The number of unbranched alkanes of at least 4 members (excludes halogenated alkanes) is 3. The van der Waals surface area contributed by atoms with E-state index in [1.54, 1.807) is 7.11 Å². The molecule has 23 heavy (non-hydrogen) atoms. The summed E-state index contributed by atoms with van der Waals surface area (Å²) in [6.07, 6.45) is 13.2. The van der Waals surface area contributed by atoms with Gasteiger partial charge in [-0.3, -0.25) is 4.79 Å². The highest BCUT2D eigenvalue weighted by Gasteiger charge is 2.22. The molecule has 0 rings (SSSR count). The molecule has 0 aliphatic rings. The van der Waals surface area contributed by atoms with Crippen LogP contribution in [0.2, 0.25) is 0 Å². The van der Waals surface area contributed by atoms with Gasteiger partial charge < -0.3 is 10.1 Å². The molecule has 0 unspecified atom stereocenters. The maximum atomic E-state index is 11.8. The molecule has 0 heterocycles. The average Bonchev–Trinajstić information content (AvgIpc) is 2.55. The summed E-state index contributed by atoms with van der Waals surface area (Å²) < 4.78 is 5.56. The van der Waals surface area contributed by atoms with E-state index in [0.717, 1.165) is 12.8 Å². The van der Waals surface area contributed by atoms with E-state index in [9.17, 15) is 4.79 Å². The number of rotatable bonds is 14. The summed E-state index contributed by atoms with van der Waals surface area (Å²) in [7, 11) is 1.63. The molecule has 0 aliphatic heterocycles. The molecule has 136 valence electrons. The van der Waals surface area contributed by atoms with Crippen LogP contribution in [0.25, 0.3) is 0 Å². The second-order valence-corrected chi connectivity index (χ2v) is 7.57. The van der Waals surface area contributed by atoms with Crippen molar-refractivity contribution in [3.63, 3.8) is 0 Å². The third-order valence-corrected chi connectivity index (χ3v) is 5.07. The first-order valence-electron chi connectivity index (χ1n) is 9.12. The van der Waals surface area contributed by atoms with Crippen molar-refractivity contribution in [2.45, 2.75) is 78.6 Å². The molecular weight excluding hydrogens is 354 g/mol. The Balaban J connectivity index is 4.20. The smallest absolute Gasteiger partial charge is 0.258 e. The molecule has 0 atom stereocenters. The molecule has 0 saturated carbocycles. The van der Waals surface area contributed by atoms with Crippen molar-refractivity contribution in [2.24, 2.45) is 5.41 Å². The molecule has 3 nitrogen and oxygen atoms in total. The number of nitrogens with one attached hydrogen (secondary N) is 1. The van der Waals surface area contributed by atoms with E-state index in [1.165, 1.54) is 44.9 Å². The SMILES string of the molecule is CCCCC(C)(CCCC)CCC/C=C(/Br)C(=O)NCCOC. The van der Waals surface area contributed by atoms with Gasteiger partial charge in [-0.25, -0.2) is 0 Å². The van der Waals surface area contributed by atoms with Gasteiger partial charge in [0.15, 0.2) is 0 Å². The number of methoxy groups -OCH3 is 1. The Morgan fingerprint density at radius 3 is 2.22 bits per heavy atom. The van der Waals surface area contributed by atoms with Gasteiger partial charge in [0.05, 0.1) is 11.1 Å². The second kappa shape index (κ2) is 14.0. The lowest BCUT2D eigenvalue weighted by Crippen LogP contribution is -2.26. The fourth-order valence-electron chi connectivity index (χ4n) is 2.78. The van der Waals surface area contributed by atoms with E-state index >= 15 is 0 Å². The Morgan fingerprint density at radius 1 is 1.13 bits per heavy atom. The number of hydrogen-bond acceptors (Lipinski definition) is 2. The van der Waals surface area contributed by atoms with Crippen molar-refractivity contribution in [3.8, 4) is 0 Å². The van der Waals surface area contributed by atoms with Crippen molar-refractivity contribution in [3.05, 3.63) is 10.6 Å². The molecule has 0 saturated heterocycles. The lowest BCUT2D eigenvalue weighted by molar-refractivity contribution is -0.116. The van der Waals surface area contributed by atoms with E-state index in [1.807, 2.05) is 6.08 Å². The van der Waals surface area contributed by atoms with Crippen LogP contribution in [0, 0.1) is 5.41 Å². The predicted molar refractivity (Wildman–Crippen MR) is 103 cm³/mol. The van der Waals surface area contributed by atoms with Gasteiger partial charge in [-0.05, 0) is 53.4 Å². The summed E-state index contributed by atoms with van der Waals surface area (Å²) in [5.41, 5.74) is 0.465. The molecule has 0 aromatic carbocycles. The van der Waals surface area contributed by atoms with Gasteiger partial charge in [0.25, 0.3) is 5.91 Å². The van der Waals surface area contributed by atoms with Crippen LogP contribution in [0.5, 0.6) is 0 Å². The lowest BCUT2D eigenvalue weighted by Gasteiger charge is -2.29. The second-order valence-electron chi connectivity index (χ2n) is 6.71. The molecule has 0 aliphatic carbocycles. The third-order valence-electron chi connectivity index (χ3n) is 4.38. The number of amides is 1. The zero-order chi connectivity index (χ0) is 17.6. The quantitative estimate of drug-likeness (QED) is 0.310. The third kappa shape index (κ3) is 11.8. The number of hydrogen-bond donors (Lipinski definition) is 1. The summed E-state index contributed by atoms with van der Waals surface area (Å²) in [5.74, 6) is -0.0539. The maximum Gasteiger partial charge on any atom is 0.258 e. The van der Waals surface area contributed by atoms with E-state index in [-0.39, 0.29) is 5.91 Å². The first-order chi connectivity index (χ1) is 11.0. The van der Waals surface area contributed by atoms with Crippen LogP contribution in [0.4, 0.5) is 0 Å². The maximum absolute atomic E-state index is 11.8. The Labute approximate surface area is 151 Å². The van der Waals surface area contributed by atoms with Crippen molar-refractivity contribution < 1.29 is 9.53 Å². The van der Waals surface area contributed by atoms with Gasteiger partial charge in [0.2, 0.25) is 0 Å². The number of carbonyl (C=O) groups is 1. The standard InChI is InChI=1S/C19H36BrNO2/c1-5-7-12-19(3,13-8-6-2)14-10-9-11-17(20)18(22)21-15-16-23-4/h11H,5-10,12-16H2,1-4H3,(H,21,22)/b17-11+. The minimum absolute atomic E-state index is 0.0539. The molecular formula is C19H36BrNO2. The van der Waals surface area contributed by atoms with Crippen LogP contribution >= 0.6 is 15.9 Å². The van der Waals surface area contributed by atoms with Gasteiger partial charge in [-0.1, -0.05) is 52.5 Å². The Bertz CT molecular complexity index is 334. The van der Waals surface area contributed by atoms with Gasteiger partial charge in [-0.2, -0.15) is 0 Å². The summed E-state index contributed by atoms with van der Waals surface area (Å²) >= 11 is 3.37. The molecule has 0 radical (unpaired) electrons. The van der Waals surface area contributed by atoms with Gasteiger partial charge in [-0.15, -0.1) is 0 Å². The largest absolute Gasteiger partial charge is 0.383 e. The summed E-state index contributed by atoms with van der Waals surface area (Å²) in [5, 5.41) is 2.82. The summed E-state index contributed by atoms with van der Waals surface area (Å²) in [4.78, 5) is 11.8. The number of ether oxygens (including phenoxy) is 1. The monoisotopic (exact) mass is 389 g/mol. The molecule has 1 N–H and O–H groups in total. The molecule has 0 aromatic heterocycles. The predicted octanol–water partition coefficient (Wildman–Crippen LogP) is 5.58. The molecule has 4 heteroatoms. The van der Waals surface area contributed by atoms with Gasteiger partial charge in [0.1, 0.15) is 0 Å². The van der Waals surface area contributed by atoms with Crippen molar-refractivity contribution >= 4 is 21.8 Å². The normalized spacial score (nSPS) is 12.5. The summed E-state index contributed by atoms with van der Waals surface area (Å²) in [6, 6.07) is 0. The van der Waals surface area contributed by atoms with Gasteiger partial charge >= 0.3 is 0 Å². The fourth-order valence-corrected chi connectivity index (χ4v) is 3.15. The van der Waals surface area contributed by atoms with Crippen LogP contribution in [-0.4, -0.2) is 26.2 Å². The van der Waals surface area contributed by atoms with E-state index < -0.39 is 0 Å². The Hall–Kier alpha value is -0.350. The van der Waals surface area contributed by atoms with Crippen LogP contribution in [0.15, 0.2) is 10.6 Å². The Kier molecular flexibility index (Phi) is 13.8. The van der Waals surface area contributed by atoms with Crippen molar-refractivity contribution in [1.82, 2.24) is 5.32 Å². The molecule has 1 amide bonds. The number of halogens is 1. The van der Waals surface area contributed by atoms with E-state index in [2.05, 4.69) is 42.0 Å². The first kappa shape index (κ1) is 22.6. The van der Waals surface area contributed by atoms with Crippen molar-refractivity contribution in [2.75, 3.05) is 20.3 Å². The zero-order valence-electron chi connectivity index (χ0n) is 15.5. The highest BCUT2D eigenvalue weighted by molar-refractivity contribution is 9.12. The van der Waals surface area contributed by atoms with Gasteiger partial charge in [0, 0.05) is 13.7 Å². The van der Waals surface area contributed by atoms with E-state index in [0.29, 0.717) is 23.0 Å². The minimum Gasteiger partial charge on any atom is -0.383 e. The number of carbonyl (C=O) groups excluding carboxylic acids is 1. The lowest BCUT2D eigenvalue weighted by atomic mass is 9.76. The van der Waals surface area contributed by atoms with Crippen LogP contribution in [0.3, 0.4) is 0 Å². The van der Waals surface area contributed by atoms with Crippen molar-refractivity contribution in [1.29, 1.82) is 0 Å². The molecule has 0 bridgehead atoms. The molecule has 0 aromatic rings. The highest BCUT2D eigenvalue weighted by Crippen LogP contribution is 2.36. The van der Waals surface area contributed by atoms with Crippen LogP contribution < -0.4 is 5.32 Å².